The van der Waals surface area contributed by atoms with Gasteiger partial charge in [-0.25, -0.2) is 9.97 Å². The molecule has 0 aliphatic rings. The molecule has 0 aliphatic heterocycles. The highest BCUT2D eigenvalue weighted by molar-refractivity contribution is 5.81. The van der Waals surface area contributed by atoms with Crippen LogP contribution in [-0.4, -0.2) is 31.9 Å². The van der Waals surface area contributed by atoms with Crippen molar-refractivity contribution in [3.63, 3.8) is 0 Å². The summed E-state index contributed by atoms with van der Waals surface area (Å²) in [6.45, 7) is 4.90. The lowest BCUT2D eigenvalue weighted by molar-refractivity contribution is 0.830. The number of hydrogen-bond donors (Lipinski definition) is 2. The molecule has 2 aromatic heterocycles. The summed E-state index contributed by atoms with van der Waals surface area (Å²) in [5.41, 5.74) is 1.32. The Kier molecular flexibility index (Phi) is 2.75. The lowest BCUT2D eigenvalue weighted by Crippen LogP contribution is -2.05. The highest BCUT2D eigenvalue weighted by Gasteiger charge is 2.08. The van der Waals surface area contributed by atoms with Crippen LogP contribution in [0, 0.1) is 6.92 Å². The van der Waals surface area contributed by atoms with Crippen molar-refractivity contribution >= 4 is 17.0 Å². The number of aryl methyl sites for hydroxylation is 1. The highest BCUT2D eigenvalue weighted by Crippen LogP contribution is 2.14. The van der Waals surface area contributed by atoms with Gasteiger partial charge in [0.25, 0.3) is 0 Å². The molecule has 2 rings (SSSR count). The Morgan fingerprint density at radius 1 is 1.27 bits per heavy atom. The van der Waals surface area contributed by atoms with Gasteiger partial charge >= 0.3 is 0 Å². The van der Waals surface area contributed by atoms with Gasteiger partial charge in [-0.05, 0) is 13.3 Å². The molecule has 2 N–H and O–H groups in total. The van der Waals surface area contributed by atoms with Crippen LogP contribution in [0.3, 0.4) is 0 Å². The van der Waals surface area contributed by atoms with Gasteiger partial charge in [0, 0.05) is 6.54 Å². The third kappa shape index (κ3) is 2.03. The monoisotopic (exact) mass is 206 g/mol. The zero-order valence-corrected chi connectivity index (χ0v) is 8.91. The van der Waals surface area contributed by atoms with Gasteiger partial charge < -0.3 is 5.32 Å². The quantitative estimate of drug-likeness (QED) is 0.736. The van der Waals surface area contributed by atoms with E-state index in [1.54, 1.807) is 0 Å². The molecule has 0 aromatic carbocycles. The van der Waals surface area contributed by atoms with E-state index < -0.39 is 0 Å². The van der Waals surface area contributed by atoms with Gasteiger partial charge in [0.05, 0.1) is 0 Å². The predicted molar refractivity (Wildman–Crippen MR) is 57.6 cm³/mol. The topological polar surface area (TPSA) is 79.4 Å². The fraction of sp³-hybridized carbons (Fsp3) is 0.556. The molecule has 0 amide bonds. The fourth-order valence-corrected chi connectivity index (χ4v) is 1.36. The largest absolute Gasteiger partial charge is 0.368 e. The second-order valence-corrected chi connectivity index (χ2v) is 3.40. The average molecular weight is 206 g/mol. The van der Waals surface area contributed by atoms with E-state index in [0.29, 0.717) is 17.0 Å². The maximum atomic E-state index is 4.30. The number of hydrogen-bond acceptors (Lipinski definition) is 5. The first kappa shape index (κ1) is 9.82. The van der Waals surface area contributed by atoms with Crippen molar-refractivity contribution in [3.8, 4) is 0 Å². The van der Waals surface area contributed by atoms with Crippen LogP contribution < -0.4 is 5.32 Å². The first-order valence-electron chi connectivity index (χ1n) is 5.10. The zero-order valence-electron chi connectivity index (χ0n) is 8.91. The van der Waals surface area contributed by atoms with Gasteiger partial charge in [-0.3, -0.25) is 0 Å². The van der Waals surface area contributed by atoms with Crippen LogP contribution in [0.2, 0.25) is 0 Å². The van der Waals surface area contributed by atoms with E-state index >= 15 is 0 Å². The molecule has 0 fully saturated rings. The van der Waals surface area contributed by atoms with Gasteiger partial charge in [-0.2, -0.15) is 10.3 Å². The molecule has 2 heterocycles. The Labute approximate surface area is 87.5 Å². The fourth-order valence-electron chi connectivity index (χ4n) is 1.36. The maximum absolute atomic E-state index is 4.30. The van der Waals surface area contributed by atoms with E-state index in [1.807, 2.05) is 6.92 Å². The predicted octanol–water partition coefficient (Wildman–Crippen LogP) is 1.27. The molecule has 0 saturated carbocycles. The second-order valence-electron chi connectivity index (χ2n) is 3.40. The van der Waals surface area contributed by atoms with E-state index in [4.69, 9.17) is 0 Å². The Hall–Kier alpha value is -1.72. The highest BCUT2D eigenvalue weighted by atomic mass is 15.3. The molecule has 0 aliphatic carbocycles. The minimum absolute atomic E-state index is 0.612. The van der Waals surface area contributed by atoms with E-state index in [0.717, 1.165) is 25.2 Å². The van der Waals surface area contributed by atoms with E-state index in [9.17, 15) is 0 Å². The van der Waals surface area contributed by atoms with Gasteiger partial charge in [-0.15, -0.1) is 5.10 Å². The van der Waals surface area contributed by atoms with Crippen molar-refractivity contribution in [1.82, 2.24) is 25.4 Å². The van der Waals surface area contributed by atoms with Crippen LogP contribution in [0.4, 0.5) is 5.82 Å². The zero-order chi connectivity index (χ0) is 10.7. The molecule has 2 aromatic rings. The summed E-state index contributed by atoms with van der Waals surface area (Å²) in [6.07, 6.45) is 2.27. The SMILES string of the molecule is CCCCNc1nc(C)nc2n[nH]nc12. The van der Waals surface area contributed by atoms with E-state index in [-0.39, 0.29) is 0 Å². The number of aromatic amines is 1. The van der Waals surface area contributed by atoms with Crippen molar-refractivity contribution in [2.24, 2.45) is 0 Å². The number of rotatable bonds is 4. The molecular weight excluding hydrogens is 192 g/mol. The van der Waals surface area contributed by atoms with Crippen molar-refractivity contribution in [2.75, 3.05) is 11.9 Å². The number of anilines is 1. The number of H-pyrrole nitrogens is 1. The van der Waals surface area contributed by atoms with Crippen LogP contribution in [0.25, 0.3) is 11.2 Å². The number of nitrogens with zero attached hydrogens (tertiary/aromatic N) is 4. The van der Waals surface area contributed by atoms with Gasteiger partial charge in [0.2, 0.25) is 5.65 Å². The molecule has 0 unspecified atom stereocenters. The molecule has 6 nitrogen and oxygen atoms in total. The molecule has 0 saturated heterocycles. The van der Waals surface area contributed by atoms with Crippen molar-refractivity contribution in [1.29, 1.82) is 0 Å². The number of aromatic nitrogens is 5. The summed E-state index contributed by atoms with van der Waals surface area (Å²) in [7, 11) is 0. The normalized spacial score (nSPS) is 10.8. The summed E-state index contributed by atoms with van der Waals surface area (Å²) >= 11 is 0. The van der Waals surface area contributed by atoms with E-state index in [2.05, 4.69) is 37.6 Å². The summed E-state index contributed by atoms with van der Waals surface area (Å²) < 4.78 is 0. The summed E-state index contributed by atoms with van der Waals surface area (Å²) in [4.78, 5) is 8.47. The van der Waals surface area contributed by atoms with Crippen molar-refractivity contribution in [2.45, 2.75) is 26.7 Å². The molecular formula is C9H14N6. The molecule has 80 valence electrons. The van der Waals surface area contributed by atoms with Crippen LogP contribution in [0.15, 0.2) is 0 Å². The molecule has 0 spiro atoms. The molecule has 6 heteroatoms. The summed E-state index contributed by atoms with van der Waals surface area (Å²) in [5.74, 6) is 1.47. The number of fused-ring (bicyclic) bond motifs is 1. The smallest absolute Gasteiger partial charge is 0.207 e. The van der Waals surface area contributed by atoms with Gasteiger partial charge in [-0.1, -0.05) is 13.3 Å². The Morgan fingerprint density at radius 3 is 2.93 bits per heavy atom. The Balaban J connectivity index is 2.27. The van der Waals surface area contributed by atoms with Gasteiger partial charge in [0.15, 0.2) is 11.3 Å². The van der Waals surface area contributed by atoms with Crippen LogP contribution in [0.1, 0.15) is 25.6 Å². The lowest BCUT2D eigenvalue weighted by atomic mass is 10.3. The third-order valence-electron chi connectivity index (χ3n) is 2.12. The third-order valence-corrected chi connectivity index (χ3v) is 2.12. The Bertz CT molecular complexity index is 449. The molecule has 0 atom stereocenters. The van der Waals surface area contributed by atoms with Gasteiger partial charge in [0.1, 0.15) is 5.82 Å². The first-order chi connectivity index (χ1) is 7.31. The summed E-state index contributed by atoms with van der Waals surface area (Å²) in [6, 6.07) is 0. The molecule has 15 heavy (non-hydrogen) atoms. The number of unbranched alkanes of at least 4 members (excludes halogenated alkanes) is 1. The maximum Gasteiger partial charge on any atom is 0.207 e. The van der Waals surface area contributed by atoms with E-state index in [1.165, 1.54) is 0 Å². The van der Waals surface area contributed by atoms with Crippen LogP contribution in [-0.2, 0) is 0 Å². The van der Waals surface area contributed by atoms with Crippen LogP contribution in [0.5, 0.6) is 0 Å². The minimum atomic E-state index is 0.612. The molecule has 0 bridgehead atoms. The van der Waals surface area contributed by atoms with Crippen molar-refractivity contribution in [3.05, 3.63) is 5.82 Å². The van der Waals surface area contributed by atoms with Crippen LogP contribution >= 0.6 is 0 Å². The second kappa shape index (κ2) is 4.20. The standard InChI is InChI=1S/C9H14N6/c1-3-4-5-10-8-7-9(14-15-13-7)12-6(2)11-8/h3-5H2,1-2H3,(H2,10,11,12,13,14,15). The first-order valence-corrected chi connectivity index (χ1v) is 5.10. The Morgan fingerprint density at radius 2 is 2.13 bits per heavy atom. The lowest BCUT2D eigenvalue weighted by Gasteiger charge is -2.04. The average Bonchev–Trinajstić information content (AvgIpc) is 2.65. The summed E-state index contributed by atoms with van der Waals surface area (Å²) in [5, 5.41) is 13.8. The number of nitrogens with one attached hydrogen (secondary N) is 2. The molecule has 0 radical (unpaired) electrons. The van der Waals surface area contributed by atoms with Crippen molar-refractivity contribution < 1.29 is 0 Å². The minimum Gasteiger partial charge on any atom is -0.368 e.